The summed E-state index contributed by atoms with van der Waals surface area (Å²) in [6.45, 7) is 2.24. The lowest BCUT2D eigenvalue weighted by Crippen LogP contribution is -1.93. The van der Waals surface area contributed by atoms with Crippen molar-refractivity contribution in [3.63, 3.8) is 0 Å². The second-order valence-electron chi connectivity index (χ2n) is 13.6. The van der Waals surface area contributed by atoms with Crippen LogP contribution in [0.4, 0.5) is 0 Å². The lowest BCUT2D eigenvalue weighted by Gasteiger charge is -2.13. The Morgan fingerprint density at radius 3 is 1.62 bits per heavy atom. The van der Waals surface area contributed by atoms with Gasteiger partial charge in [-0.2, -0.15) is 0 Å². The largest absolute Gasteiger partial charge is 0.309 e. The third-order valence-corrected chi connectivity index (χ3v) is 11.8. The third kappa shape index (κ3) is 5.15. The van der Waals surface area contributed by atoms with Gasteiger partial charge in [0.2, 0.25) is 0 Å². The summed E-state index contributed by atoms with van der Waals surface area (Å²) in [6, 6.07) is 67.0. The van der Waals surface area contributed by atoms with Crippen molar-refractivity contribution in [1.82, 2.24) is 4.57 Å². The van der Waals surface area contributed by atoms with Crippen LogP contribution in [0.15, 0.2) is 182 Å². The molecule has 0 N–H and O–H groups in total. The average Bonchev–Trinajstić information content (AvgIpc) is 3.76. The van der Waals surface area contributed by atoms with Crippen molar-refractivity contribution >= 4 is 53.3 Å². The van der Waals surface area contributed by atoms with E-state index in [9.17, 15) is 0 Å². The Hall–Kier alpha value is -6.22. The first-order valence-electron chi connectivity index (χ1n) is 18.1. The van der Waals surface area contributed by atoms with E-state index >= 15 is 0 Å². The third-order valence-electron chi connectivity index (χ3n) is 10.6. The minimum atomic E-state index is 0.995. The van der Waals surface area contributed by atoms with Gasteiger partial charge in [0, 0.05) is 36.6 Å². The molecular weight excluding hydrogens is 647 g/mol. The van der Waals surface area contributed by atoms with E-state index in [0.717, 1.165) is 6.42 Å². The molecule has 0 amide bonds. The Labute approximate surface area is 307 Å². The minimum Gasteiger partial charge on any atom is -0.309 e. The average molecular weight is 682 g/mol. The molecule has 52 heavy (non-hydrogen) atoms. The molecule has 2 heterocycles. The molecule has 10 rings (SSSR count). The highest BCUT2D eigenvalue weighted by Gasteiger charge is 2.14. The Balaban J connectivity index is 1.00. The number of hydrogen-bond donors (Lipinski definition) is 0. The van der Waals surface area contributed by atoms with Gasteiger partial charge in [-0.3, -0.25) is 0 Å². The fraction of sp³-hybridized carbons (Fsp3) is 0.0400. The van der Waals surface area contributed by atoms with E-state index in [0.29, 0.717) is 0 Å². The first kappa shape index (κ1) is 30.6. The smallest absolute Gasteiger partial charge is 0.0541 e. The summed E-state index contributed by atoms with van der Waals surface area (Å²) in [6.07, 6.45) is 0.995. The maximum Gasteiger partial charge on any atom is 0.0541 e. The summed E-state index contributed by atoms with van der Waals surface area (Å²) in [5.74, 6) is 0. The van der Waals surface area contributed by atoms with Gasteiger partial charge in [0.15, 0.2) is 0 Å². The fourth-order valence-corrected chi connectivity index (χ4v) is 9.04. The molecule has 0 radical (unpaired) electrons. The maximum atomic E-state index is 2.41. The molecule has 0 atom stereocenters. The van der Waals surface area contributed by atoms with Crippen molar-refractivity contribution < 1.29 is 0 Å². The summed E-state index contributed by atoms with van der Waals surface area (Å²) >= 11 is 1.87. The molecule has 0 unspecified atom stereocenters. The molecule has 0 fully saturated rings. The van der Waals surface area contributed by atoms with Crippen LogP contribution in [0.2, 0.25) is 0 Å². The zero-order valence-electron chi connectivity index (χ0n) is 28.9. The molecule has 2 aromatic heterocycles. The van der Waals surface area contributed by atoms with E-state index in [1.54, 1.807) is 0 Å². The number of hydrogen-bond acceptors (Lipinski definition) is 1. The van der Waals surface area contributed by atoms with Crippen LogP contribution < -0.4 is 0 Å². The molecule has 8 aromatic carbocycles. The van der Waals surface area contributed by atoms with Crippen LogP contribution in [-0.2, 0) is 6.42 Å². The number of rotatable bonds is 6. The van der Waals surface area contributed by atoms with Crippen LogP contribution in [0.25, 0.3) is 92.2 Å². The Morgan fingerprint density at radius 1 is 0.385 bits per heavy atom. The van der Waals surface area contributed by atoms with Crippen LogP contribution >= 0.6 is 11.3 Å². The summed E-state index contributed by atoms with van der Waals surface area (Å²) < 4.78 is 5.04. The van der Waals surface area contributed by atoms with E-state index in [1.165, 1.54) is 97.7 Å². The summed E-state index contributed by atoms with van der Waals surface area (Å²) in [7, 11) is 0. The van der Waals surface area contributed by atoms with Gasteiger partial charge in [-0.15, -0.1) is 11.3 Å². The molecule has 2 heteroatoms. The lowest BCUT2D eigenvalue weighted by molar-refractivity contribution is 1.14. The van der Waals surface area contributed by atoms with Crippen molar-refractivity contribution in [1.29, 1.82) is 0 Å². The van der Waals surface area contributed by atoms with Crippen LogP contribution in [0.1, 0.15) is 12.5 Å². The standard InChI is InChI=1S/C50H35NS/c1-2-33-19-24-38(34-11-4-3-5-12-34)30-44(33)40-14-10-13-37(29-40)35-20-22-36(23-21-35)39-25-27-49-45(31-39)46-32-41(26-28-50(46)52-49)51-47-17-8-6-15-42(47)43-16-7-9-18-48(43)51/h3-32H,2H2,1H3. The summed E-state index contributed by atoms with van der Waals surface area (Å²) in [4.78, 5) is 0. The molecular formula is C50H35NS. The fourth-order valence-electron chi connectivity index (χ4n) is 7.97. The SMILES string of the molecule is CCc1ccc(-c2ccccc2)cc1-c1cccc(-c2ccc(-c3ccc4sc5ccc(-n6c7ccccc7c7ccccc76)cc5c4c3)cc2)c1. The predicted octanol–water partition coefficient (Wildman–Crippen LogP) is 14.4. The van der Waals surface area contributed by atoms with Gasteiger partial charge in [-0.05, 0) is 111 Å². The molecule has 0 spiro atoms. The van der Waals surface area contributed by atoms with Crippen molar-refractivity contribution in [2.75, 3.05) is 0 Å². The minimum absolute atomic E-state index is 0.995. The van der Waals surface area contributed by atoms with Crippen molar-refractivity contribution in [3.8, 4) is 50.2 Å². The highest BCUT2D eigenvalue weighted by molar-refractivity contribution is 7.25. The number of benzene rings is 8. The van der Waals surface area contributed by atoms with Crippen LogP contribution in [-0.4, -0.2) is 4.57 Å². The van der Waals surface area contributed by atoms with Crippen LogP contribution in [0, 0.1) is 0 Å². The topological polar surface area (TPSA) is 4.93 Å². The molecule has 0 saturated carbocycles. The number of fused-ring (bicyclic) bond motifs is 6. The first-order chi connectivity index (χ1) is 25.7. The predicted molar refractivity (Wildman–Crippen MR) is 225 cm³/mol. The Morgan fingerprint density at radius 2 is 0.904 bits per heavy atom. The number of thiophene rings is 1. The van der Waals surface area contributed by atoms with Crippen LogP contribution in [0.5, 0.6) is 0 Å². The van der Waals surface area contributed by atoms with Gasteiger partial charge in [0.05, 0.1) is 11.0 Å². The molecule has 0 aliphatic heterocycles. The molecule has 1 nitrogen and oxygen atoms in total. The number of para-hydroxylation sites is 2. The highest BCUT2D eigenvalue weighted by atomic mass is 32.1. The van der Waals surface area contributed by atoms with Crippen molar-refractivity contribution in [2.45, 2.75) is 13.3 Å². The number of aromatic nitrogens is 1. The molecule has 10 aromatic rings. The highest BCUT2D eigenvalue weighted by Crippen LogP contribution is 2.40. The second kappa shape index (κ2) is 12.5. The van der Waals surface area contributed by atoms with E-state index in [2.05, 4.69) is 193 Å². The monoisotopic (exact) mass is 681 g/mol. The molecule has 0 bridgehead atoms. The Bertz CT molecular complexity index is 2870. The van der Waals surface area contributed by atoms with Crippen LogP contribution in [0.3, 0.4) is 0 Å². The van der Waals surface area contributed by atoms with Gasteiger partial charge in [-0.25, -0.2) is 0 Å². The van der Waals surface area contributed by atoms with E-state index < -0.39 is 0 Å². The second-order valence-corrected chi connectivity index (χ2v) is 14.7. The van der Waals surface area contributed by atoms with Gasteiger partial charge in [0.25, 0.3) is 0 Å². The zero-order chi connectivity index (χ0) is 34.6. The molecule has 0 aliphatic rings. The Kier molecular flexibility index (Phi) is 7.37. The van der Waals surface area contributed by atoms with E-state index in [1.807, 2.05) is 11.3 Å². The van der Waals surface area contributed by atoms with Gasteiger partial charge in [0.1, 0.15) is 0 Å². The lowest BCUT2D eigenvalue weighted by atomic mass is 9.91. The number of nitrogens with zero attached hydrogens (tertiary/aromatic N) is 1. The van der Waals surface area contributed by atoms with Gasteiger partial charge < -0.3 is 4.57 Å². The van der Waals surface area contributed by atoms with E-state index in [-0.39, 0.29) is 0 Å². The molecule has 0 saturated heterocycles. The van der Waals surface area contributed by atoms with Gasteiger partial charge >= 0.3 is 0 Å². The molecule has 246 valence electrons. The van der Waals surface area contributed by atoms with Crippen molar-refractivity contribution in [2.24, 2.45) is 0 Å². The molecule has 0 aliphatic carbocycles. The van der Waals surface area contributed by atoms with Gasteiger partial charge in [-0.1, -0.05) is 134 Å². The normalized spacial score (nSPS) is 11.6. The zero-order valence-corrected chi connectivity index (χ0v) is 29.7. The summed E-state index contributed by atoms with van der Waals surface area (Å²) in [5.41, 5.74) is 15.0. The van der Waals surface area contributed by atoms with E-state index in [4.69, 9.17) is 0 Å². The summed E-state index contributed by atoms with van der Waals surface area (Å²) in [5, 5.41) is 5.18. The maximum absolute atomic E-state index is 2.41. The van der Waals surface area contributed by atoms with Crippen molar-refractivity contribution in [3.05, 3.63) is 188 Å². The quantitative estimate of drug-likeness (QED) is 0.165. The number of aryl methyl sites for hydroxylation is 1. The first-order valence-corrected chi connectivity index (χ1v) is 18.9.